The molecule has 1 unspecified atom stereocenters. The van der Waals surface area contributed by atoms with Crippen LogP contribution >= 0.6 is 0 Å². The van der Waals surface area contributed by atoms with Crippen molar-refractivity contribution in [2.24, 2.45) is 5.92 Å². The number of hydrogen-bond donors (Lipinski definition) is 0. The van der Waals surface area contributed by atoms with Crippen LogP contribution in [0.2, 0.25) is 0 Å². The first-order valence-electron chi connectivity index (χ1n) is 16.0. The predicted octanol–water partition coefficient (Wildman–Crippen LogP) is 13.1. The highest BCUT2D eigenvalue weighted by molar-refractivity contribution is 5.30. The van der Waals surface area contributed by atoms with Gasteiger partial charge in [-0.3, -0.25) is 0 Å². The van der Waals surface area contributed by atoms with Crippen LogP contribution in [0.25, 0.3) is 0 Å². The first-order chi connectivity index (χ1) is 19.8. The molecular weight excluding hydrogens is 508 g/mol. The summed E-state index contributed by atoms with van der Waals surface area (Å²) in [5, 5.41) is 0. The molecule has 0 spiro atoms. The molecule has 0 aromatic heterocycles. The molecule has 1 nitrogen and oxygen atoms in total. The van der Waals surface area contributed by atoms with Gasteiger partial charge in [-0.05, 0) is 120 Å². The zero-order valence-corrected chi connectivity index (χ0v) is 29.2. The molecule has 0 aromatic carbocycles. The zero-order valence-electron chi connectivity index (χ0n) is 29.2. The summed E-state index contributed by atoms with van der Waals surface area (Å²) in [7, 11) is 1.79. The van der Waals surface area contributed by atoms with Gasteiger partial charge in [0.1, 0.15) is 0 Å². The van der Waals surface area contributed by atoms with E-state index < -0.39 is 0 Å². The summed E-state index contributed by atoms with van der Waals surface area (Å²) in [5.74, 6) is 0.581. The Labute approximate surface area is 262 Å². The molecule has 1 atom stereocenters. The van der Waals surface area contributed by atoms with Gasteiger partial charge in [0.25, 0.3) is 0 Å². The molecule has 0 aliphatic carbocycles. The number of allylic oxidation sites excluding steroid dienone is 20. The Morgan fingerprint density at radius 2 is 1.29 bits per heavy atom. The summed E-state index contributed by atoms with van der Waals surface area (Å²) in [6.07, 6.45) is 40.1. The topological polar surface area (TPSA) is 9.23 Å². The second-order valence-electron chi connectivity index (χ2n) is 12.8. The number of methoxy groups -OCH3 is 1. The zero-order chi connectivity index (χ0) is 31.8. The van der Waals surface area contributed by atoms with Gasteiger partial charge in [0, 0.05) is 7.11 Å². The Morgan fingerprint density at radius 3 is 1.93 bits per heavy atom. The molecule has 42 heavy (non-hydrogen) atoms. The minimum atomic E-state index is -0.0286. The minimum absolute atomic E-state index is 0.0286. The maximum absolute atomic E-state index is 5.50. The molecule has 0 amide bonds. The van der Waals surface area contributed by atoms with Crippen molar-refractivity contribution in [2.45, 2.75) is 126 Å². The molecule has 0 rings (SSSR count). The Hall–Kier alpha value is -2.64. The largest absolute Gasteiger partial charge is 0.379 e. The molecule has 0 saturated heterocycles. The summed E-state index contributed by atoms with van der Waals surface area (Å²) >= 11 is 0. The standard InChI is InChI=1S/C41H64O/c1-34(2)31-32-40(8)29-18-27-38(6)25-16-23-36(4)21-14-12-13-20-35(3)22-15-24-37(5)26-17-28-39(7)30-19-33-41(9,10)42-11/h12-15,17,20-22,24-26,28-29,31,36H,16,18-19,23,27,30,32-33H2,1-11H3. The number of hydrogen-bond acceptors (Lipinski definition) is 1. The smallest absolute Gasteiger partial charge is 0.0622 e. The lowest BCUT2D eigenvalue weighted by molar-refractivity contribution is 0.0140. The van der Waals surface area contributed by atoms with Gasteiger partial charge < -0.3 is 4.74 Å². The molecule has 0 aliphatic rings. The highest BCUT2D eigenvalue weighted by atomic mass is 16.5. The third-order valence-corrected chi connectivity index (χ3v) is 7.36. The van der Waals surface area contributed by atoms with Crippen LogP contribution in [0, 0.1) is 5.92 Å². The lowest BCUT2D eigenvalue weighted by atomic mass is 9.99. The second-order valence-corrected chi connectivity index (χ2v) is 12.8. The van der Waals surface area contributed by atoms with Crippen molar-refractivity contribution in [2.75, 3.05) is 7.11 Å². The highest BCUT2D eigenvalue weighted by Gasteiger charge is 2.14. The van der Waals surface area contributed by atoms with Crippen molar-refractivity contribution in [3.05, 3.63) is 119 Å². The SMILES string of the molecule is COC(C)(C)CCCC(C)=CC=CC(C)=CC=CC(C)=CC=CC=CC(C)CCC=C(C)CCC=C(C)CC=C(C)C. The fourth-order valence-corrected chi connectivity index (χ4v) is 4.12. The fraction of sp³-hybridized carbons (Fsp3) is 0.512. The van der Waals surface area contributed by atoms with Crippen LogP contribution in [0.3, 0.4) is 0 Å². The van der Waals surface area contributed by atoms with E-state index in [2.05, 4.69) is 154 Å². The van der Waals surface area contributed by atoms with Crippen LogP contribution in [-0.2, 0) is 4.74 Å². The first-order valence-corrected chi connectivity index (χ1v) is 16.0. The van der Waals surface area contributed by atoms with Crippen molar-refractivity contribution in [3.8, 4) is 0 Å². The predicted molar refractivity (Wildman–Crippen MR) is 192 cm³/mol. The minimum Gasteiger partial charge on any atom is -0.379 e. The van der Waals surface area contributed by atoms with Gasteiger partial charge in [0.05, 0.1) is 5.60 Å². The molecule has 0 saturated carbocycles. The van der Waals surface area contributed by atoms with Crippen LogP contribution < -0.4 is 0 Å². The van der Waals surface area contributed by atoms with Crippen molar-refractivity contribution >= 4 is 0 Å². The summed E-state index contributed by atoms with van der Waals surface area (Å²) in [6.45, 7) is 21.9. The second kappa shape index (κ2) is 23.9. The summed E-state index contributed by atoms with van der Waals surface area (Å²) in [6, 6.07) is 0. The summed E-state index contributed by atoms with van der Waals surface area (Å²) in [4.78, 5) is 0. The van der Waals surface area contributed by atoms with Crippen molar-refractivity contribution in [1.82, 2.24) is 0 Å². The van der Waals surface area contributed by atoms with Crippen LogP contribution in [-0.4, -0.2) is 12.7 Å². The van der Waals surface area contributed by atoms with E-state index in [1.54, 1.807) is 7.11 Å². The van der Waals surface area contributed by atoms with E-state index in [0.717, 1.165) is 44.9 Å². The van der Waals surface area contributed by atoms with E-state index in [1.165, 1.54) is 39.9 Å². The first kappa shape index (κ1) is 39.4. The monoisotopic (exact) mass is 572 g/mol. The number of ether oxygens (including phenoxy) is 1. The van der Waals surface area contributed by atoms with Crippen molar-refractivity contribution < 1.29 is 4.74 Å². The average Bonchev–Trinajstić information content (AvgIpc) is 2.91. The van der Waals surface area contributed by atoms with E-state index in [-0.39, 0.29) is 5.60 Å². The molecule has 0 fully saturated rings. The Morgan fingerprint density at radius 1 is 0.667 bits per heavy atom. The quantitative estimate of drug-likeness (QED) is 0.104. The molecule has 0 aromatic rings. The molecule has 234 valence electrons. The van der Waals surface area contributed by atoms with E-state index in [4.69, 9.17) is 4.74 Å². The van der Waals surface area contributed by atoms with Gasteiger partial charge in [-0.1, -0.05) is 125 Å². The molecule has 0 N–H and O–H groups in total. The van der Waals surface area contributed by atoms with Gasteiger partial charge >= 0.3 is 0 Å². The van der Waals surface area contributed by atoms with E-state index in [1.807, 2.05) is 0 Å². The Kier molecular flexibility index (Phi) is 22.4. The summed E-state index contributed by atoms with van der Waals surface area (Å²) in [5.41, 5.74) is 8.23. The average molecular weight is 573 g/mol. The Balaban J connectivity index is 4.43. The van der Waals surface area contributed by atoms with Crippen LogP contribution in [0.5, 0.6) is 0 Å². The van der Waals surface area contributed by atoms with E-state index in [9.17, 15) is 0 Å². The maximum atomic E-state index is 5.50. The van der Waals surface area contributed by atoms with Crippen LogP contribution in [0.1, 0.15) is 121 Å². The molecule has 1 heteroatoms. The van der Waals surface area contributed by atoms with E-state index >= 15 is 0 Å². The summed E-state index contributed by atoms with van der Waals surface area (Å²) < 4.78 is 5.50. The molecular formula is C41H64O. The van der Waals surface area contributed by atoms with Gasteiger partial charge in [0.15, 0.2) is 0 Å². The Bertz CT molecular complexity index is 1050. The van der Waals surface area contributed by atoms with Crippen molar-refractivity contribution in [1.29, 1.82) is 0 Å². The number of rotatable bonds is 20. The van der Waals surface area contributed by atoms with E-state index in [0.29, 0.717) is 5.92 Å². The van der Waals surface area contributed by atoms with Gasteiger partial charge in [0.2, 0.25) is 0 Å². The molecule has 0 bridgehead atoms. The molecule has 0 heterocycles. The third kappa shape index (κ3) is 25.1. The fourth-order valence-electron chi connectivity index (χ4n) is 4.12. The molecule has 0 aliphatic heterocycles. The highest BCUT2D eigenvalue weighted by Crippen LogP contribution is 2.19. The van der Waals surface area contributed by atoms with Crippen LogP contribution in [0.15, 0.2) is 119 Å². The lowest BCUT2D eigenvalue weighted by Crippen LogP contribution is -2.21. The maximum Gasteiger partial charge on any atom is 0.0622 e. The van der Waals surface area contributed by atoms with Gasteiger partial charge in [-0.25, -0.2) is 0 Å². The normalized spacial score (nSPS) is 15.6. The lowest BCUT2D eigenvalue weighted by Gasteiger charge is -2.22. The van der Waals surface area contributed by atoms with Crippen molar-refractivity contribution in [3.63, 3.8) is 0 Å². The third-order valence-electron chi connectivity index (χ3n) is 7.36. The van der Waals surface area contributed by atoms with Gasteiger partial charge in [-0.15, -0.1) is 0 Å². The van der Waals surface area contributed by atoms with Gasteiger partial charge in [-0.2, -0.15) is 0 Å². The molecule has 0 radical (unpaired) electrons. The van der Waals surface area contributed by atoms with Crippen LogP contribution in [0.4, 0.5) is 0 Å².